The third kappa shape index (κ3) is 9.42. The molecule has 1 atom stereocenters. The molecular formula is C24H40BF3NO. The second-order valence-electron chi connectivity index (χ2n) is 8.71. The largest absolute Gasteiger partial charge is 0.388 e. The minimum atomic E-state index is -4.24. The number of halogens is 3. The van der Waals surface area contributed by atoms with Gasteiger partial charge in [-0.25, -0.2) is 0 Å². The molecule has 1 fully saturated rings. The molecule has 0 saturated carbocycles. The summed E-state index contributed by atoms with van der Waals surface area (Å²) in [6.45, 7) is 16.4. The number of hydrogen-bond donors (Lipinski definition) is 0. The SMILES string of the molecule is CC.CC(C)[B]C(c1ccc(C2CCN(CCOCC(C)C)CC2)cc1)C(F)(F)F. The van der Waals surface area contributed by atoms with E-state index >= 15 is 0 Å². The number of rotatable bonds is 9. The van der Waals surface area contributed by atoms with Crippen LogP contribution in [0.15, 0.2) is 24.3 Å². The zero-order valence-corrected chi connectivity index (χ0v) is 19.6. The summed E-state index contributed by atoms with van der Waals surface area (Å²) in [6, 6.07) is 7.12. The van der Waals surface area contributed by atoms with E-state index < -0.39 is 12.0 Å². The summed E-state index contributed by atoms with van der Waals surface area (Å²) >= 11 is 0. The second-order valence-corrected chi connectivity index (χ2v) is 8.71. The maximum absolute atomic E-state index is 13.4. The molecule has 1 saturated heterocycles. The van der Waals surface area contributed by atoms with Gasteiger partial charge >= 0.3 is 6.18 Å². The zero-order chi connectivity index (χ0) is 22.7. The normalized spacial score (nSPS) is 17.0. The van der Waals surface area contributed by atoms with Crippen LogP contribution in [0.2, 0.25) is 5.82 Å². The molecule has 1 unspecified atom stereocenters. The molecule has 6 heteroatoms. The van der Waals surface area contributed by atoms with Crippen molar-refractivity contribution < 1.29 is 17.9 Å². The van der Waals surface area contributed by atoms with Crippen LogP contribution in [-0.4, -0.2) is 51.2 Å². The lowest BCUT2D eigenvalue weighted by Crippen LogP contribution is -2.35. The van der Waals surface area contributed by atoms with Crippen LogP contribution in [0, 0.1) is 5.92 Å². The number of likely N-dealkylation sites (tertiary alicyclic amines) is 1. The van der Waals surface area contributed by atoms with Crippen molar-refractivity contribution in [1.29, 1.82) is 0 Å². The summed E-state index contributed by atoms with van der Waals surface area (Å²) in [4.78, 5) is 2.42. The van der Waals surface area contributed by atoms with E-state index in [0.29, 0.717) is 17.4 Å². The summed E-state index contributed by atoms with van der Waals surface area (Å²) in [5.74, 6) is -0.613. The standard InChI is InChI=1S/C22H34BF3NO.C2H6/c1-16(2)15-28-14-13-27-11-9-19(10-12-27)18-5-7-20(8-6-18)21(22(24,25)26)23-17(3)4;1-2/h5-8,16-17,19,21H,9-15H2,1-4H3;1-2H3. The highest BCUT2D eigenvalue weighted by Gasteiger charge is 2.41. The van der Waals surface area contributed by atoms with Gasteiger partial charge in [-0.3, -0.25) is 0 Å². The summed E-state index contributed by atoms with van der Waals surface area (Å²) < 4.78 is 45.8. The first-order valence-electron chi connectivity index (χ1n) is 11.5. The fraction of sp³-hybridized carbons (Fsp3) is 0.750. The van der Waals surface area contributed by atoms with Gasteiger partial charge in [0.05, 0.1) is 6.61 Å². The van der Waals surface area contributed by atoms with Gasteiger partial charge in [-0.2, -0.15) is 13.2 Å². The Balaban J connectivity index is 0.00000218. The Morgan fingerprint density at radius 1 is 1.03 bits per heavy atom. The molecule has 2 rings (SSSR count). The molecule has 0 aliphatic carbocycles. The average Bonchev–Trinajstić information content (AvgIpc) is 2.70. The van der Waals surface area contributed by atoms with E-state index in [2.05, 4.69) is 18.7 Å². The Morgan fingerprint density at radius 2 is 1.60 bits per heavy atom. The van der Waals surface area contributed by atoms with Crippen molar-refractivity contribution >= 4 is 7.28 Å². The van der Waals surface area contributed by atoms with E-state index in [-0.39, 0.29) is 5.82 Å². The van der Waals surface area contributed by atoms with Gasteiger partial charge in [-0.1, -0.05) is 71.6 Å². The van der Waals surface area contributed by atoms with Crippen molar-refractivity contribution in [2.45, 2.75) is 78.1 Å². The van der Waals surface area contributed by atoms with Gasteiger partial charge in [0, 0.05) is 19.0 Å². The van der Waals surface area contributed by atoms with Crippen LogP contribution in [0.25, 0.3) is 0 Å². The van der Waals surface area contributed by atoms with Crippen molar-refractivity contribution in [2.75, 3.05) is 32.8 Å². The highest BCUT2D eigenvalue weighted by Crippen LogP contribution is 2.37. The molecule has 2 nitrogen and oxygen atoms in total. The molecule has 0 spiro atoms. The van der Waals surface area contributed by atoms with Crippen molar-refractivity contribution in [1.82, 2.24) is 4.90 Å². The maximum Gasteiger partial charge on any atom is 0.388 e. The van der Waals surface area contributed by atoms with Crippen LogP contribution in [0.1, 0.15) is 77.2 Å². The van der Waals surface area contributed by atoms with Gasteiger partial charge < -0.3 is 9.64 Å². The molecule has 1 heterocycles. The van der Waals surface area contributed by atoms with E-state index in [1.165, 1.54) is 7.28 Å². The summed E-state index contributed by atoms with van der Waals surface area (Å²) in [5.41, 5.74) is 1.50. The molecule has 171 valence electrons. The van der Waals surface area contributed by atoms with Crippen LogP contribution >= 0.6 is 0 Å². The molecule has 1 aliphatic rings. The maximum atomic E-state index is 13.4. The van der Waals surface area contributed by atoms with Crippen LogP contribution in [0.5, 0.6) is 0 Å². The fourth-order valence-electron chi connectivity index (χ4n) is 3.77. The number of piperidine rings is 1. The summed E-state index contributed by atoms with van der Waals surface area (Å²) in [5, 5.41) is 0. The third-order valence-corrected chi connectivity index (χ3v) is 5.29. The Bertz CT molecular complexity index is 567. The fourth-order valence-corrected chi connectivity index (χ4v) is 3.77. The molecule has 1 aromatic carbocycles. The van der Waals surface area contributed by atoms with Gasteiger partial charge in [-0.15, -0.1) is 0 Å². The first-order valence-corrected chi connectivity index (χ1v) is 11.5. The average molecular weight is 426 g/mol. The highest BCUT2D eigenvalue weighted by molar-refractivity contribution is 6.40. The lowest BCUT2D eigenvalue weighted by atomic mass is 9.53. The zero-order valence-electron chi connectivity index (χ0n) is 19.6. The van der Waals surface area contributed by atoms with Gasteiger partial charge in [0.15, 0.2) is 0 Å². The van der Waals surface area contributed by atoms with Crippen molar-refractivity contribution in [3.05, 3.63) is 35.4 Å². The van der Waals surface area contributed by atoms with Crippen LogP contribution in [-0.2, 0) is 4.74 Å². The molecule has 1 aromatic rings. The van der Waals surface area contributed by atoms with Crippen molar-refractivity contribution in [3.63, 3.8) is 0 Å². The number of benzene rings is 1. The first kappa shape index (κ1) is 27.0. The molecule has 0 bridgehead atoms. The molecular weight excluding hydrogens is 386 g/mol. The Morgan fingerprint density at radius 3 is 2.07 bits per heavy atom. The molecule has 0 aromatic heterocycles. The number of ether oxygens (including phenoxy) is 1. The monoisotopic (exact) mass is 426 g/mol. The number of alkyl halides is 3. The lowest BCUT2D eigenvalue weighted by molar-refractivity contribution is -0.132. The van der Waals surface area contributed by atoms with Crippen LogP contribution in [0.4, 0.5) is 13.2 Å². The van der Waals surface area contributed by atoms with Crippen molar-refractivity contribution in [3.8, 4) is 0 Å². The molecule has 1 radical (unpaired) electrons. The van der Waals surface area contributed by atoms with E-state index in [9.17, 15) is 13.2 Å². The third-order valence-electron chi connectivity index (χ3n) is 5.29. The van der Waals surface area contributed by atoms with Gasteiger partial charge in [-0.05, 0) is 48.9 Å². The van der Waals surface area contributed by atoms with E-state index in [0.717, 1.165) is 51.3 Å². The highest BCUT2D eigenvalue weighted by atomic mass is 19.4. The predicted octanol–water partition coefficient (Wildman–Crippen LogP) is 6.70. The number of nitrogens with zero attached hydrogens (tertiary/aromatic N) is 1. The second kappa shape index (κ2) is 13.4. The minimum Gasteiger partial charge on any atom is -0.380 e. The van der Waals surface area contributed by atoms with Gasteiger partial charge in [0.2, 0.25) is 0 Å². The van der Waals surface area contributed by atoms with E-state index in [4.69, 9.17) is 4.74 Å². The molecule has 0 amide bonds. The van der Waals surface area contributed by atoms with Crippen molar-refractivity contribution in [2.24, 2.45) is 5.92 Å². The van der Waals surface area contributed by atoms with E-state index in [1.54, 1.807) is 26.0 Å². The Hall–Kier alpha value is -1.01. The van der Waals surface area contributed by atoms with Gasteiger partial charge in [0.1, 0.15) is 7.28 Å². The van der Waals surface area contributed by atoms with Crippen LogP contribution in [0.3, 0.4) is 0 Å². The lowest BCUT2D eigenvalue weighted by Gasteiger charge is -2.32. The molecule has 1 aliphatic heterocycles. The molecule has 0 N–H and O–H groups in total. The first-order chi connectivity index (χ1) is 14.2. The quantitative estimate of drug-likeness (QED) is 0.322. The smallest absolute Gasteiger partial charge is 0.380 e. The predicted molar refractivity (Wildman–Crippen MR) is 122 cm³/mol. The molecule has 30 heavy (non-hydrogen) atoms. The number of hydrogen-bond acceptors (Lipinski definition) is 2. The van der Waals surface area contributed by atoms with Crippen LogP contribution < -0.4 is 0 Å². The Kier molecular flexibility index (Phi) is 12.1. The minimum absolute atomic E-state index is 0.111. The Labute approximate surface area is 182 Å². The van der Waals surface area contributed by atoms with E-state index in [1.807, 2.05) is 26.0 Å². The topological polar surface area (TPSA) is 12.5 Å². The summed E-state index contributed by atoms with van der Waals surface area (Å²) in [7, 11) is 1.38. The summed E-state index contributed by atoms with van der Waals surface area (Å²) in [6.07, 6.45) is -2.15. The van der Waals surface area contributed by atoms with Gasteiger partial charge in [0.25, 0.3) is 0 Å².